The summed E-state index contributed by atoms with van der Waals surface area (Å²) in [6.07, 6.45) is 15.5. The monoisotopic (exact) mass is 339 g/mol. The molecule has 1 aromatic carbocycles. The normalized spacial score (nSPS) is 30.2. The van der Waals surface area contributed by atoms with Crippen LogP contribution >= 0.6 is 0 Å². The van der Waals surface area contributed by atoms with Crippen molar-refractivity contribution < 1.29 is 4.39 Å². The summed E-state index contributed by atoms with van der Waals surface area (Å²) in [5.74, 6) is 3.19. The highest BCUT2D eigenvalue weighted by Gasteiger charge is 2.30. The molecule has 3 rings (SSSR count). The molecule has 0 aromatic heterocycles. The molecule has 0 N–H and O–H groups in total. The van der Waals surface area contributed by atoms with Gasteiger partial charge >= 0.3 is 0 Å². The van der Waals surface area contributed by atoms with Crippen molar-refractivity contribution in [3.63, 3.8) is 0 Å². The zero-order valence-electron chi connectivity index (χ0n) is 15.2. The maximum atomic E-state index is 12.2. The Bertz CT molecular complexity index is 582. The van der Waals surface area contributed by atoms with Crippen LogP contribution in [0.25, 0.3) is 0 Å². The lowest BCUT2D eigenvalue weighted by Gasteiger charge is -2.37. The highest BCUT2D eigenvalue weighted by Crippen LogP contribution is 2.44. The second kappa shape index (κ2) is 9.18. The smallest absolute Gasteiger partial charge is 0.0991 e. The first-order chi connectivity index (χ1) is 12.3. The Labute approximate surface area is 151 Å². The van der Waals surface area contributed by atoms with Crippen LogP contribution in [0.1, 0.15) is 74.8 Å². The summed E-state index contributed by atoms with van der Waals surface area (Å²) >= 11 is 0. The molecule has 2 aliphatic carbocycles. The van der Waals surface area contributed by atoms with Crippen LogP contribution in [-0.4, -0.2) is 6.67 Å². The highest BCUT2D eigenvalue weighted by molar-refractivity contribution is 5.33. The molecule has 0 aliphatic heterocycles. The van der Waals surface area contributed by atoms with Gasteiger partial charge in [0.2, 0.25) is 0 Å². The molecule has 1 aromatic rings. The Balaban J connectivity index is 1.44. The zero-order valence-corrected chi connectivity index (χ0v) is 15.2. The standard InChI is InChI=1S/C23H30FN/c24-16-2-1-3-18-4-8-20(9-5-18)22-12-14-23(15-13-22)21-10-6-19(17-25)7-11-21/h1,3,6-7,10-11,18,20,22-23H,2,4-5,8-9,12-16H2/t18-,20-,22-,23-. The van der Waals surface area contributed by atoms with Gasteiger partial charge in [-0.3, -0.25) is 4.39 Å². The van der Waals surface area contributed by atoms with Crippen molar-refractivity contribution in [2.45, 2.75) is 63.7 Å². The molecule has 1 nitrogen and oxygen atoms in total. The molecule has 0 bridgehead atoms. The van der Waals surface area contributed by atoms with Gasteiger partial charge in [-0.25, -0.2) is 0 Å². The second-order valence-corrected chi connectivity index (χ2v) is 7.93. The Hall–Kier alpha value is -1.62. The first-order valence-corrected chi connectivity index (χ1v) is 10.0. The molecule has 2 saturated carbocycles. The number of hydrogen-bond acceptors (Lipinski definition) is 1. The average Bonchev–Trinajstić information content (AvgIpc) is 2.69. The van der Waals surface area contributed by atoms with E-state index in [9.17, 15) is 4.39 Å². The Kier molecular flexibility index (Phi) is 6.68. The largest absolute Gasteiger partial charge is 0.251 e. The van der Waals surface area contributed by atoms with E-state index in [0.29, 0.717) is 18.3 Å². The molecule has 0 radical (unpaired) electrons. The fourth-order valence-corrected chi connectivity index (χ4v) is 4.91. The van der Waals surface area contributed by atoms with E-state index in [1.54, 1.807) is 0 Å². The molecule has 2 aliphatic rings. The van der Waals surface area contributed by atoms with Gasteiger partial charge in [0.1, 0.15) is 0 Å². The molecule has 0 amide bonds. The van der Waals surface area contributed by atoms with Crippen molar-refractivity contribution in [3.05, 3.63) is 47.5 Å². The first kappa shape index (κ1) is 18.2. The Morgan fingerprint density at radius 2 is 1.52 bits per heavy atom. The van der Waals surface area contributed by atoms with E-state index >= 15 is 0 Å². The second-order valence-electron chi connectivity index (χ2n) is 7.93. The molecule has 0 unspecified atom stereocenters. The van der Waals surface area contributed by atoms with Crippen LogP contribution in [0, 0.1) is 29.1 Å². The van der Waals surface area contributed by atoms with Crippen molar-refractivity contribution in [3.8, 4) is 6.07 Å². The van der Waals surface area contributed by atoms with Crippen molar-refractivity contribution in [2.75, 3.05) is 6.67 Å². The molecule has 0 atom stereocenters. The van der Waals surface area contributed by atoms with Gasteiger partial charge in [-0.15, -0.1) is 0 Å². The summed E-state index contributed by atoms with van der Waals surface area (Å²) < 4.78 is 12.2. The van der Waals surface area contributed by atoms with E-state index in [2.05, 4.69) is 24.3 Å². The fourth-order valence-electron chi connectivity index (χ4n) is 4.91. The quantitative estimate of drug-likeness (QED) is 0.558. The summed E-state index contributed by atoms with van der Waals surface area (Å²) in [5, 5.41) is 8.93. The van der Waals surface area contributed by atoms with Crippen LogP contribution in [-0.2, 0) is 0 Å². The third kappa shape index (κ3) is 4.94. The zero-order chi connectivity index (χ0) is 17.5. The topological polar surface area (TPSA) is 23.8 Å². The lowest BCUT2D eigenvalue weighted by molar-refractivity contribution is 0.171. The van der Waals surface area contributed by atoms with E-state index in [4.69, 9.17) is 5.26 Å². The number of hydrogen-bond donors (Lipinski definition) is 0. The number of allylic oxidation sites excluding steroid dienone is 2. The minimum absolute atomic E-state index is 0.228. The number of alkyl halides is 1. The molecule has 0 saturated heterocycles. The van der Waals surface area contributed by atoms with Gasteiger partial charge < -0.3 is 0 Å². The number of rotatable bonds is 5. The van der Waals surface area contributed by atoms with Crippen molar-refractivity contribution in [1.82, 2.24) is 0 Å². The molecular weight excluding hydrogens is 309 g/mol. The van der Waals surface area contributed by atoms with Crippen LogP contribution in [0.4, 0.5) is 4.39 Å². The van der Waals surface area contributed by atoms with Crippen LogP contribution in [0.15, 0.2) is 36.4 Å². The highest BCUT2D eigenvalue weighted by atomic mass is 19.1. The molecule has 134 valence electrons. The van der Waals surface area contributed by atoms with Gasteiger partial charge in [0.25, 0.3) is 0 Å². The van der Waals surface area contributed by atoms with E-state index in [0.717, 1.165) is 17.4 Å². The van der Waals surface area contributed by atoms with Gasteiger partial charge in [0.05, 0.1) is 18.3 Å². The first-order valence-electron chi connectivity index (χ1n) is 10.0. The van der Waals surface area contributed by atoms with Crippen LogP contribution < -0.4 is 0 Å². The lowest BCUT2D eigenvalue weighted by atomic mass is 9.68. The number of nitrogens with zero attached hydrogens (tertiary/aromatic N) is 1. The van der Waals surface area contributed by atoms with Crippen LogP contribution in [0.2, 0.25) is 0 Å². The van der Waals surface area contributed by atoms with E-state index in [1.165, 1.54) is 56.9 Å². The molecular formula is C23H30FN. The Morgan fingerprint density at radius 1 is 0.920 bits per heavy atom. The number of halogens is 1. The predicted molar refractivity (Wildman–Crippen MR) is 101 cm³/mol. The van der Waals surface area contributed by atoms with Gasteiger partial charge in [-0.1, -0.05) is 24.3 Å². The summed E-state index contributed by atoms with van der Waals surface area (Å²) in [4.78, 5) is 0. The van der Waals surface area contributed by atoms with Crippen LogP contribution in [0.5, 0.6) is 0 Å². The predicted octanol–water partition coefficient (Wildman–Crippen LogP) is 6.55. The third-order valence-corrected chi connectivity index (χ3v) is 6.45. The minimum atomic E-state index is -0.228. The maximum Gasteiger partial charge on any atom is 0.0991 e. The average molecular weight is 339 g/mol. The van der Waals surface area contributed by atoms with Crippen LogP contribution in [0.3, 0.4) is 0 Å². The Morgan fingerprint density at radius 3 is 2.08 bits per heavy atom. The van der Waals surface area contributed by atoms with Gasteiger partial charge in [-0.2, -0.15) is 5.26 Å². The molecule has 2 fully saturated rings. The number of benzene rings is 1. The molecule has 0 heterocycles. The minimum Gasteiger partial charge on any atom is -0.251 e. The van der Waals surface area contributed by atoms with Gasteiger partial charge in [0, 0.05) is 0 Å². The summed E-state index contributed by atoms with van der Waals surface area (Å²) in [6, 6.07) is 10.4. The fraction of sp³-hybridized carbons (Fsp3) is 0.609. The molecule has 2 heteroatoms. The van der Waals surface area contributed by atoms with E-state index < -0.39 is 0 Å². The van der Waals surface area contributed by atoms with Gasteiger partial charge in [0.15, 0.2) is 0 Å². The van der Waals surface area contributed by atoms with E-state index in [-0.39, 0.29) is 6.67 Å². The number of nitriles is 1. The van der Waals surface area contributed by atoms with Crippen molar-refractivity contribution in [2.24, 2.45) is 17.8 Å². The summed E-state index contributed by atoms with van der Waals surface area (Å²) in [7, 11) is 0. The SMILES string of the molecule is N#Cc1ccc([C@H]2CC[C@H]([C@H]3CC[C@H](C=CCCF)CC3)CC2)cc1. The molecule has 0 spiro atoms. The van der Waals surface area contributed by atoms with Gasteiger partial charge in [-0.05, 0) is 99.2 Å². The summed E-state index contributed by atoms with van der Waals surface area (Å²) in [6.45, 7) is -0.228. The van der Waals surface area contributed by atoms with Crippen molar-refractivity contribution >= 4 is 0 Å². The molecule has 25 heavy (non-hydrogen) atoms. The third-order valence-electron chi connectivity index (χ3n) is 6.45. The van der Waals surface area contributed by atoms with Crippen molar-refractivity contribution in [1.29, 1.82) is 5.26 Å². The summed E-state index contributed by atoms with van der Waals surface area (Å²) in [5.41, 5.74) is 2.17. The maximum absolute atomic E-state index is 12.2. The lowest BCUT2D eigenvalue weighted by Crippen LogP contribution is -2.25. The van der Waals surface area contributed by atoms with E-state index in [1.807, 2.05) is 18.2 Å².